The molecule has 6 heteroatoms. The molecule has 34 heavy (non-hydrogen) atoms. The Morgan fingerprint density at radius 3 is 2.59 bits per heavy atom. The summed E-state index contributed by atoms with van der Waals surface area (Å²) in [4.78, 5) is 18.5. The zero-order valence-corrected chi connectivity index (χ0v) is 20.2. The summed E-state index contributed by atoms with van der Waals surface area (Å²) in [5.41, 5.74) is 7.89. The lowest BCUT2D eigenvalue weighted by Gasteiger charge is -2.43. The topological polar surface area (TPSA) is 82.7 Å². The van der Waals surface area contributed by atoms with E-state index in [9.17, 15) is 4.79 Å². The zero-order chi connectivity index (χ0) is 23.8. The molecule has 1 saturated carbocycles. The number of para-hydroxylation sites is 2. The molecule has 6 nitrogen and oxygen atoms in total. The van der Waals surface area contributed by atoms with E-state index in [1.54, 1.807) is 12.1 Å². The van der Waals surface area contributed by atoms with E-state index in [1.807, 2.05) is 41.3 Å². The number of amidine groups is 1. The van der Waals surface area contributed by atoms with Gasteiger partial charge in [-0.25, -0.2) is 0 Å². The molecular weight excluding hydrogens is 424 g/mol. The van der Waals surface area contributed by atoms with Crippen molar-refractivity contribution in [3.8, 4) is 5.75 Å². The fourth-order valence-electron chi connectivity index (χ4n) is 6.39. The second-order valence-corrected chi connectivity index (χ2v) is 10.4. The minimum atomic E-state index is -0.728. The number of nitrogens with two attached hydrogens (primary N) is 1. The Labute approximate surface area is 202 Å². The number of fused-ring (bicyclic) bond motifs is 1. The Bertz CT molecular complexity index is 1060. The molecule has 1 amide bonds. The van der Waals surface area contributed by atoms with Gasteiger partial charge >= 0.3 is 0 Å². The highest BCUT2D eigenvalue weighted by Crippen LogP contribution is 2.42. The number of carbonyl (C=O) groups excluding carboxylic acids is 1. The molecule has 2 fully saturated rings. The molecule has 3 aliphatic rings. The van der Waals surface area contributed by atoms with Gasteiger partial charge in [0, 0.05) is 35.8 Å². The third-order valence-corrected chi connectivity index (χ3v) is 8.03. The first-order valence-corrected chi connectivity index (χ1v) is 12.7. The highest BCUT2D eigenvalue weighted by atomic mass is 16.5. The van der Waals surface area contributed by atoms with Crippen LogP contribution in [-0.4, -0.2) is 41.3 Å². The lowest BCUT2D eigenvalue weighted by molar-refractivity contribution is -0.126. The van der Waals surface area contributed by atoms with Crippen molar-refractivity contribution in [2.24, 2.45) is 11.7 Å². The normalized spacial score (nSPS) is 29.5. The zero-order valence-electron chi connectivity index (χ0n) is 20.2. The van der Waals surface area contributed by atoms with Gasteiger partial charge in [-0.15, -0.1) is 0 Å². The van der Waals surface area contributed by atoms with Crippen molar-refractivity contribution >= 4 is 17.4 Å². The molecule has 1 saturated heterocycles. The SMILES string of the molecule is C[C@@H]1CCC[C@H](C)N1C1CCC(CN2C(=O)C(c3cccc(C(=N)N)c3)Oc3ccccc32)C1. The Morgan fingerprint density at radius 1 is 1.06 bits per heavy atom. The van der Waals surface area contributed by atoms with Crippen LogP contribution in [0.3, 0.4) is 0 Å². The molecule has 2 aromatic rings. The van der Waals surface area contributed by atoms with Gasteiger partial charge in [0.15, 0.2) is 0 Å². The maximum Gasteiger partial charge on any atom is 0.272 e. The van der Waals surface area contributed by atoms with E-state index in [0.717, 1.165) is 36.4 Å². The van der Waals surface area contributed by atoms with Crippen LogP contribution >= 0.6 is 0 Å². The molecule has 2 aromatic carbocycles. The standard InChI is InChI=1S/C28H36N4O2/c1-18-7-5-8-19(2)32(18)23-14-13-20(15-23)17-31-24-11-3-4-12-25(24)34-26(28(31)33)21-9-6-10-22(16-21)27(29)30/h3-4,6,9-12,16,18-20,23,26H,5,7-8,13-15,17H2,1-2H3,(H3,29,30)/t18-,19+,20?,23?,26?. The quantitative estimate of drug-likeness (QED) is 0.493. The van der Waals surface area contributed by atoms with Crippen molar-refractivity contribution < 1.29 is 9.53 Å². The number of amides is 1. The van der Waals surface area contributed by atoms with Gasteiger partial charge in [-0.2, -0.15) is 0 Å². The van der Waals surface area contributed by atoms with Gasteiger partial charge in [0.05, 0.1) is 5.69 Å². The molecule has 0 bridgehead atoms. The van der Waals surface area contributed by atoms with Crippen LogP contribution in [0.1, 0.15) is 69.6 Å². The number of nitrogens with one attached hydrogen (secondary N) is 1. The van der Waals surface area contributed by atoms with Crippen molar-refractivity contribution in [3.05, 3.63) is 59.7 Å². The van der Waals surface area contributed by atoms with E-state index in [1.165, 1.54) is 25.7 Å². The third-order valence-electron chi connectivity index (χ3n) is 8.03. The van der Waals surface area contributed by atoms with Crippen LogP contribution in [0.5, 0.6) is 5.75 Å². The first-order valence-electron chi connectivity index (χ1n) is 12.7. The second kappa shape index (κ2) is 9.41. The summed E-state index contributed by atoms with van der Waals surface area (Å²) in [7, 11) is 0. The van der Waals surface area contributed by atoms with Gasteiger partial charge in [-0.05, 0) is 70.1 Å². The average Bonchev–Trinajstić information content (AvgIpc) is 3.28. The molecule has 5 atom stereocenters. The summed E-state index contributed by atoms with van der Waals surface area (Å²) in [6, 6.07) is 17.0. The molecule has 0 spiro atoms. The van der Waals surface area contributed by atoms with E-state index in [4.69, 9.17) is 15.9 Å². The maximum absolute atomic E-state index is 13.8. The third kappa shape index (κ3) is 4.31. The Morgan fingerprint density at radius 2 is 1.82 bits per heavy atom. The van der Waals surface area contributed by atoms with E-state index in [-0.39, 0.29) is 11.7 Å². The molecule has 2 aliphatic heterocycles. The van der Waals surface area contributed by atoms with Gasteiger partial charge in [0.1, 0.15) is 11.6 Å². The van der Waals surface area contributed by atoms with Gasteiger partial charge in [0.2, 0.25) is 6.10 Å². The first kappa shape index (κ1) is 22.9. The van der Waals surface area contributed by atoms with Gasteiger partial charge in [-0.3, -0.25) is 15.1 Å². The number of carbonyl (C=O) groups is 1. The van der Waals surface area contributed by atoms with E-state index < -0.39 is 6.10 Å². The Kier molecular flexibility index (Phi) is 6.34. The molecular formula is C28H36N4O2. The predicted molar refractivity (Wildman–Crippen MR) is 135 cm³/mol. The molecule has 2 heterocycles. The summed E-state index contributed by atoms with van der Waals surface area (Å²) in [6.45, 7) is 5.48. The monoisotopic (exact) mass is 460 g/mol. The van der Waals surface area contributed by atoms with Crippen LogP contribution in [0.25, 0.3) is 0 Å². The van der Waals surface area contributed by atoms with E-state index in [2.05, 4.69) is 18.7 Å². The molecule has 180 valence electrons. The van der Waals surface area contributed by atoms with Crippen molar-refractivity contribution in [1.29, 1.82) is 5.41 Å². The lowest BCUT2D eigenvalue weighted by Crippen LogP contribution is -2.49. The van der Waals surface area contributed by atoms with Crippen LogP contribution in [0.15, 0.2) is 48.5 Å². The number of ether oxygens (including phenoxy) is 1. The number of nitrogens with zero attached hydrogens (tertiary/aromatic N) is 2. The highest BCUT2D eigenvalue weighted by molar-refractivity contribution is 6.01. The van der Waals surface area contributed by atoms with Crippen LogP contribution < -0.4 is 15.4 Å². The van der Waals surface area contributed by atoms with Gasteiger partial charge in [-0.1, -0.05) is 36.8 Å². The maximum atomic E-state index is 13.8. The number of likely N-dealkylation sites (tertiary alicyclic amines) is 1. The molecule has 0 aromatic heterocycles. The lowest BCUT2D eigenvalue weighted by atomic mass is 9.94. The first-order chi connectivity index (χ1) is 16.4. The minimum absolute atomic E-state index is 0.0134. The minimum Gasteiger partial charge on any atom is -0.474 e. The van der Waals surface area contributed by atoms with E-state index in [0.29, 0.717) is 29.6 Å². The summed E-state index contributed by atoms with van der Waals surface area (Å²) < 4.78 is 6.19. The number of rotatable bonds is 5. The predicted octanol–water partition coefficient (Wildman–Crippen LogP) is 4.87. The molecule has 5 rings (SSSR count). The van der Waals surface area contributed by atoms with Crippen LogP contribution in [0.4, 0.5) is 5.69 Å². The summed E-state index contributed by atoms with van der Waals surface area (Å²) in [5.74, 6) is 1.15. The number of benzene rings is 2. The van der Waals surface area contributed by atoms with E-state index >= 15 is 0 Å². The van der Waals surface area contributed by atoms with Crippen LogP contribution in [0.2, 0.25) is 0 Å². The van der Waals surface area contributed by atoms with Crippen molar-refractivity contribution in [1.82, 2.24) is 4.90 Å². The number of hydrogen-bond acceptors (Lipinski definition) is 4. The fourth-order valence-corrected chi connectivity index (χ4v) is 6.39. The highest BCUT2D eigenvalue weighted by Gasteiger charge is 2.40. The Balaban J connectivity index is 1.37. The van der Waals surface area contributed by atoms with Gasteiger partial charge in [0.25, 0.3) is 5.91 Å². The average molecular weight is 461 g/mol. The van der Waals surface area contributed by atoms with Crippen molar-refractivity contribution in [3.63, 3.8) is 0 Å². The molecule has 3 N–H and O–H groups in total. The van der Waals surface area contributed by atoms with Gasteiger partial charge < -0.3 is 15.4 Å². The Hall–Kier alpha value is -2.86. The van der Waals surface area contributed by atoms with Crippen molar-refractivity contribution in [2.75, 3.05) is 11.4 Å². The summed E-state index contributed by atoms with van der Waals surface area (Å²) >= 11 is 0. The smallest absolute Gasteiger partial charge is 0.272 e. The number of anilines is 1. The number of nitrogen functional groups attached to an aromatic ring is 1. The fraction of sp³-hybridized carbons (Fsp3) is 0.500. The molecule has 0 radical (unpaired) electrons. The summed E-state index contributed by atoms with van der Waals surface area (Å²) in [6.07, 6.45) is 6.70. The second-order valence-electron chi connectivity index (χ2n) is 10.4. The number of piperidine rings is 1. The summed E-state index contributed by atoms with van der Waals surface area (Å²) in [5, 5.41) is 7.77. The molecule has 3 unspecified atom stereocenters. The largest absolute Gasteiger partial charge is 0.474 e. The number of hydrogen-bond donors (Lipinski definition) is 2. The van der Waals surface area contributed by atoms with Crippen LogP contribution in [0, 0.1) is 11.3 Å². The van der Waals surface area contributed by atoms with Crippen molar-refractivity contribution in [2.45, 2.75) is 76.6 Å². The van der Waals surface area contributed by atoms with Crippen LogP contribution in [-0.2, 0) is 4.79 Å². The molecule has 1 aliphatic carbocycles.